The molecule has 0 aliphatic carbocycles. The number of rotatable bonds is 5. The molecule has 0 radical (unpaired) electrons. The summed E-state index contributed by atoms with van der Waals surface area (Å²) in [6.07, 6.45) is 0.00246. The number of amides is 1. The van der Waals surface area contributed by atoms with E-state index in [-0.39, 0.29) is 12.2 Å². The van der Waals surface area contributed by atoms with E-state index in [1.165, 1.54) is 6.07 Å². The average molecular weight is 327 g/mol. The number of carboxylic acids is 1. The fourth-order valence-corrected chi connectivity index (χ4v) is 2.52. The predicted octanol–water partition coefficient (Wildman–Crippen LogP) is 2.80. The van der Waals surface area contributed by atoms with E-state index in [2.05, 4.69) is 5.32 Å². The number of nitrogens with one attached hydrogen (secondary N) is 1. The van der Waals surface area contributed by atoms with E-state index in [0.717, 1.165) is 16.7 Å². The molecule has 0 aliphatic heterocycles. The number of aliphatic carboxylic acids is 1. The van der Waals surface area contributed by atoms with Gasteiger partial charge >= 0.3 is 5.97 Å². The molecule has 0 saturated carbocycles. The van der Waals surface area contributed by atoms with Crippen LogP contribution in [0.5, 0.6) is 5.75 Å². The Bertz CT molecular complexity index is 783. The molecule has 1 atom stereocenters. The zero-order chi connectivity index (χ0) is 17.9. The van der Waals surface area contributed by atoms with Crippen molar-refractivity contribution in [1.82, 2.24) is 5.32 Å². The van der Waals surface area contributed by atoms with Crippen molar-refractivity contribution < 1.29 is 19.8 Å². The highest BCUT2D eigenvalue weighted by Crippen LogP contribution is 2.22. The first-order chi connectivity index (χ1) is 11.3. The van der Waals surface area contributed by atoms with Gasteiger partial charge in [0.2, 0.25) is 5.91 Å². The molecule has 1 unspecified atom stereocenters. The average Bonchev–Trinajstić information content (AvgIpc) is 2.51. The number of hydrogen-bond acceptors (Lipinski definition) is 3. The maximum absolute atomic E-state index is 12.2. The quantitative estimate of drug-likeness (QED) is 0.788. The molecule has 2 aromatic carbocycles. The molecule has 0 aromatic heterocycles. The van der Waals surface area contributed by atoms with Crippen molar-refractivity contribution in [2.45, 2.75) is 33.2 Å². The summed E-state index contributed by atoms with van der Waals surface area (Å²) in [5.74, 6) is -1.40. The van der Waals surface area contributed by atoms with Crippen molar-refractivity contribution in [1.29, 1.82) is 0 Å². The number of phenols is 1. The summed E-state index contributed by atoms with van der Waals surface area (Å²) in [5, 5.41) is 21.7. The van der Waals surface area contributed by atoms with E-state index < -0.39 is 17.9 Å². The third kappa shape index (κ3) is 3.93. The van der Waals surface area contributed by atoms with Gasteiger partial charge in [-0.05, 0) is 54.7 Å². The molecule has 0 saturated heterocycles. The lowest BCUT2D eigenvalue weighted by atomic mass is 9.97. The summed E-state index contributed by atoms with van der Waals surface area (Å²) in [4.78, 5) is 23.8. The van der Waals surface area contributed by atoms with Crippen LogP contribution >= 0.6 is 0 Å². The van der Waals surface area contributed by atoms with Gasteiger partial charge in [0.05, 0.1) is 6.42 Å². The molecule has 2 aromatic rings. The van der Waals surface area contributed by atoms with Crippen LogP contribution in [-0.4, -0.2) is 22.1 Å². The van der Waals surface area contributed by atoms with Gasteiger partial charge in [0, 0.05) is 0 Å². The summed E-state index contributed by atoms with van der Waals surface area (Å²) < 4.78 is 0. The van der Waals surface area contributed by atoms with E-state index in [1.807, 2.05) is 19.9 Å². The topological polar surface area (TPSA) is 86.6 Å². The number of carbonyl (C=O) groups excluding carboxylic acids is 1. The zero-order valence-corrected chi connectivity index (χ0v) is 14.0. The van der Waals surface area contributed by atoms with Crippen LogP contribution < -0.4 is 5.32 Å². The van der Waals surface area contributed by atoms with Crippen LogP contribution in [-0.2, 0) is 16.0 Å². The number of phenolic OH excluding ortho intramolecular Hbond substituents is 1. The Morgan fingerprint density at radius 1 is 1.08 bits per heavy atom. The van der Waals surface area contributed by atoms with E-state index in [1.54, 1.807) is 31.2 Å². The number of carboxylic acid groups (broad SMARTS) is 1. The van der Waals surface area contributed by atoms with Crippen LogP contribution in [0.1, 0.15) is 33.9 Å². The van der Waals surface area contributed by atoms with Crippen molar-refractivity contribution in [3.63, 3.8) is 0 Å². The first-order valence-electron chi connectivity index (χ1n) is 7.66. The number of aryl methyl sites for hydroxylation is 2. The van der Waals surface area contributed by atoms with E-state index in [9.17, 15) is 19.8 Å². The lowest BCUT2D eigenvalue weighted by Gasteiger charge is -2.18. The van der Waals surface area contributed by atoms with Crippen molar-refractivity contribution in [3.8, 4) is 5.75 Å². The van der Waals surface area contributed by atoms with Crippen LogP contribution in [0.3, 0.4) is 0 Å². The molecule has 0 heterocycles. The summed E-state index contributed by atoms with van der Waals surface area (Å²) in [7, 11) is 0. The third-order valence-corrected chi connectivity index (χ3v) is 4.15. The Hall–Kier alpha value is -2.82. The Kier molecular flexibility index (Phi) is 5.24. The molecular weight excluding hydrogens is 306 g/mol. The molecular formula is C19H21NO4. The molecule has 0 spiro atoms. The fraction of sp³-hybridized carbons (Fsp3) is 0.263. The van der Waals surface area contributed by atoms with Gasteiger partial charge in [0.1, 0.15) is 5.75 Å². The van der Waals surface area contributed by atoms with Crippen LogP contribution in [0.4, 0.5) is 0 Å². The lowest BCUT2D eigenvalue weighted by Crippen LogP contribution is -2.35. The molecule has 5 heteroatoms. The Balaban J connectivity index is 2.18. The van der Waals surface area contributed by atoms with E-state index >= 15 is 0 Å². The van der Waals surface area contributed by atoms with E-state index in [0.29, 0.717) is 11.1 Å². The molecule has 0 fully saturated rings. The van der Waals surface area contributed by atoms with Gasteiger partial charge in [-0.1, -0.05) is 30.3 Å². The minimum Gasteiger partial charge on any atom is -0.508 e. The van der Waals surface area contributed by atoms with Gasteiger partial charge in [0.25, 0.3) is 0 Å². The summed E-state index contributed by atoms with van der Waals surface area (Å²) in [6.45, 7) is 5.50. The van der Waals surface area contributed by atoms with Gasteiger partial charge in [-0.2, -0.15) is 0 Å². The van der Waals surface area contributed by atoms with Crippen LogP contribution in [0.15, 0.2) is 36.4 Å². The highest BCUT2D eigenvalue weighted by molar-refractivity contribution is 5.86. The van der Waals surface area contributed by atoms with Crippen LogP contribution in [0.2, 0.25) is 0 Å². The highest BCUT2D eigenvalue weighted by Gasteiger charge is 2.24. The van der Waals surface area contributed by atoms with Crippen LogP contribution in [0, 0.1) is 20.8 Å². The zero-order valence-electron chi connectivity index (χ0n) is 14.0. The maximum atomic E-state index is 12.2. The molecule has 5 nitrogen and oxygen atoms in total. The molecule has 1 amide bonds. The Morgan fingerprint density at radius 2 is 1.79 bits per heavy atom. The first kappa shape index (κ1) is 17.5. The first-order valence-corrected chi connectivity index (χ1v) is 7.66. The maximum Gasteiger partial charge on any atom is 0.330 e. The second kappa shape index (κ2) is 7.17. The monoisotopic (exact) mass is 327 g/mol. The predicted molar refractivity (Wildman–Crippen MR) is 91.0 cm³/mol. The summed E-state index contributed by atoms with van der Waals surface area (Å²) >= 11 is 0. The smallest absolute Gasteiger partial charge is 0.330 e. The minimum atomic E-state index is -1.11. The molecule has 126 valence electrons. The fourth-order valence-electron chi connectivity index (χ4n) is 2.52. The molecule has 24 heavy (non-hydrogen) atoms. The summed E-state index contributed by atoms with van der Waals surface area (Å²) in [5.41, 5.74) is 3.73. The number of carbonyl (C=O) groups is 2. The van der Waals surface area contributed by atoms with Crippen molar-refractivity contribution in [2.75, 3.05) is 0 Å². The normalized spacial score (nSPS) is 11.8. The van der Waals surface area contributed by atoms with Gasteiger partial charge in [-0.25, -0.2) is 4.79 Å². The van der Waals surface area contributed by atoms with E-state index in [4.69, 9.17) is 0 Å². The summed E-state index contributed by atoms with van der Waals surface area (Å²) in [6, 6.07) is 9.25. The van der Waals surface area contributed by atoms with Gasteiger partial charge in [-0.15, -0.1) is 0 Å². The van der Waals surface area contributed by atoms with Gasteiger partial charge < -0.3 is 15.5 Å². The highest BCUT2D eigenvalue weighted by atomic mass is 16.4. The van der Waals surface area contributed by atoms with Crippen LogP contribution in [0.25, 0.3) is 0 Å². The number of aromatic hydroxyl groups is 1. The molecule has 2 rings (SSSR count). The van der Waals surface area contributed by atoms with Crippen molar-refractivity contribution in [3.05, 3.63) is 64.2 Å². The number of hydrogen-bond donors (Lipinski definition) is 3. The Labute approximate surface area is 141 Å². The second-order valence-electron chi connectivity index (χ2n) is 5.93. The molecule has 3 N–H and O–H groups in total. The SMILES string of the molecule is Cc1ccc(CC(=O)NC(C(=O)O)c2cccc(C)c2C)cc1O. The van der Waals surface area contributed by atoms with Gasteiger partial charge in [-0.3, -0.25) is 4.79 Å². The third-order valence-electron chi connectivity index (χ3n) is 4.15. The molecule has 0 bridgehead atoms. The van der Waals surface area contributed by atoms with Crippen molar-refractivity contribution in [2.24, 2.45) is 0 Å². The van der Waals surface area contributed by atoms with Crippen molar-refractivity contribution >= 4 is 11.9 Å². The Morgan fingerprint density at radius 3 is 2.42 bits per heavy atom. The largest absolute Gasteiger partial charge is 0.508 e. The lowest BCUT2D eigenvalue weighted by molar-refractivity contribution is -0.142. The number of benzene rings is 2. The van der Waals surface area contributed by atoms with Gasteiger partial charge in [0.15, 0.2) is 6.04 Å². The standard InChI is InChI=1S/C19H21NO4/c1-11-5-4-6-15(13(11)3)18(19(23)24)20-17(22)10-14-8-7-12(2)16(21)9-14/h4-9,18,21H,10H2,1-3H3,(H,20,22)(H,23,24). The molecule has 0 aliphatic rings. The second-order valence-corrected chi connectivity index (χ2v) is 5.93. The minimum absolute atomic E-state index is 0.00246.